The summed E-state index contributed by atoms with van der Waals surface area (Å²) >= 11 is 1.51. The van der Waals surface area contributed by atoms with Crippen LogP contribution < -0.4 is 10.5 Å². The van der Waals surface area contributed by atoms with Crippen molar-refractivity contribution >= 4 is 28.7 Å². The number of methoxy groups -OCH3 is 1. The first kappa shape index (κ1) is 21.1. The van der Waals surface area contributed by atoms with Gasteiger partial charge in [-0.25, -0.2) is 9.78 Å². The summed E-state index contributed by atoms with van der Waals surface area (Å²) in [5.41, 5.74) is 8.73. The fourth-order valence-corrected chi connectivity index (χ4v) is 3.78. The number of esters is 1. The number of nitrogens with zero attached hydrogens (tertiary/aromatic N) is 2. The summed E-state index contributed by atoms with van der Waals surface area (Å²) in [4.78, 5) is 28.1. The number of furan rings is 1. The number of hydrogen-bond acceptors (Lipinski definition) is 9. The summed E-state index contributed by atoms with van der Waals surface area (Å²) in [6.07, 6.45) is 3.09. The number of pyridine rings is 1. The third-order valence-electron chi connectivity index (χ3n) is 4.70. The molecule has 3 heterocycles. The zero-order chi connectivity index (χ0) is 22.7. The molecule has 0 saturated heterocycles. The zero-order valence-corrected chi connectivity index (χ0v) is 17.6. The van der Waals surface area contributed by atoms with Crippen molar-refractivity contribution in [2.75, 3.05) is 12.8 Å². The number of ether oxygens (including phenoxy) is 2. The molecule has 0 amide bonds. The maximum Gasteiger partial charge on any atom is 0.338 e. The highest BCUT2D eigenvalue weighted by Crippen LogP contribution is 2.37. The second kappa shape index (κ2) is 8.90. The van der Waals surface area contributed by atoms with Crippen molar-refractivity contribution < 1.29 is 23.6 Å². The van der Waals surface area contributed by atoms with E-state index in [1.54, 1.807) is 12.3 Å². The summed E-state index contributed by atoms with van der Waals surface area (Å²) < 4.78 is 15.6. The Morgan fingerprint density at radius 3 is 2.78 bits per heavy atom. The fraction of sp³-hybridized carbons (Fsp3) is 0.0909. The van der Waals surface area contributed by atoms with Gasteiger partial charge in [0.05, 0.1) is 46.3 Å². The van der Waals surface area contributed by atoms with Crippen LogP contribution in [-0.4, -0.2) is 23.0 Å². The molecule has 0 spiro atoms. The number of rotatable bonds is 7. The van der Waals surface area contributed by atoms with Gasteiger partial charge in [0.2, 0.25) is 5.88 Å². The summed E-state index contributed by atoms with van der Waals surface area (Å²) in [6.45, 7) is -0.173. The van der Waals surface area contributed by atoms with Gasteiger partial charge in [0.25, 0.3) is 5.69 Å². The summed E-state index contributed by atoms with van der Waals surface area (Å²) in [7, 11) is 1.21. The van der Waals surface area contributed by atoms with E-state index in [0.29, 0.717) is 11.3 Å². The van der Waals surface area contributed by atoms with Gasteiger partial charge in [0.1, 0.15) is 12.3 Å². The first-order valence-corrected chi connectivity index (χ1v) is 10.2. The van der Waals surface area contributed by atoms with Crippen LogP contribution in [-0.2, 0) is 11.3 Å². The molecule has 0 aliphatic carbocycles. The van der Waals surface area contributed by atoms with E-state index in [4.69, 9.17) is 14.9 Å². The van der Waals surface area contributed by atoms with E-state index in [9.17, 15) is 14.9 Å². The predicted molar refractivity (Wildman–Crippen MR) is 118 cm³/mol. The lowest BCUT2D eigenvalue weighted by atomic mass is 10.1. The van der Waals surface area contributed by atoms with Gasteiger partial charge in [0.15, 0.2) is 0 Å². The SMILES string of the molecule is COC(=O)c1ccc(COc2nc(-c3cccs3)cc(-c3ccoc3)c2N)c([N+](=O)[O-])c1. The second-order valence-electron chi connectivity index (χ2n) is 6.64. The van der Waals surface area contributed by atoms with Crippen LogP contribution in [0.1, 0.15) is 15.9 Å². The molecule has 0 aliphatic heterocycles. The number of nitro benzene ring substituents is 1. The van der Waals surface area contributed by atoms with Gasteiger partial charge in [-0.3, -0.25) is 10.1 Å². The van der Waals surface area contributed by atoms with Gasteiger partial charge in [-0.15, -0.1) is 11.3 Å². The van der Waals surface area contributed by atoms with E-state index < -0.39 is 10.9 Å². The minimum absolute atomic E-state index is 0.0718. The van der Waals surface area contributed by atoms with Crippen molar-refractivity contribution in [1.82, 2.24) is 4.98 Å². The number of anilines is 1. The average molecular weight is 451 g/mol. The lowest BCUT2D eigenvalue weighted by Gasteiger charge is -2.13. The molecule has 0 saturated carbocycles. The van der Waals surface area contributed by atoms with Crippen molar-refractivity contribution in [2.24, 2.45) is 0 Å². The molecule has 0 unspecified atom stereocenters. The largest absolute Gasteiger partial charge is 0.472 e. The van der Waals surface area contributed by atoms with Crippen LogP contribution in [0.3, 0.4) is 0 Å². The monoisotopic (exact) mass is 451 g/mol. The Balaban J connectivity index is 1.70. The van der Waals surface area contributed by atoms with E-state index in [1.165, 1.54) is 36.8 Å². The molecular formula is C22H17N3O6S. The van der Waals surface area contributed by atoms with Crippen LogP contribution in [0.25, 0.3) is 21.7 Å². The van der Waals surface area contributed by atoms with Gasteiger partial charge in [0, 0.05) is 17.2 Å². The lowest BCUT2D eigenvalue weighted by molar-refractivity contribution is -0.385. The van der Waals surface area contributed by atoms with Crippen LogP contribution in [0, 0.1) is 10.1 Å². The molecule has 3 aromatic heterocycles. The van der Waals surface area contributed by atoms with Gasteiger partial charge in [-0.1, -0.05) is 6.07 Å². The Morgan fingerprint density at radius 2 is 2.12 bits per heavy atom. The Labute approximate surface area is 186 Å². The average Bonchev–Trinajstić information content (AvgIpc) is 3.52. The van der Waals surface area contributed by atoms with Crippen LogP contribution in [0.15, 0.2) is 64.8 Å². The molecule has 1 aromatic carbocycles. The summed E-state index contributed by atoms with van der Waals surface area (Å²) in [5, 5.41) is 13.5. The third-order valence-corrected chi connectivity index (χ3v) is 5.59. The maximum atomic E-state index is 11.7. The molecule has 162 valence electrons. The molecule has 0 aliphatic rings. The molecule has 9 nitrogen and oxygen atoms in total. The minimum atomic E-state index is -0.667. The van der Waals surface area contributed by atoms with Gasteiger partial charge >= 0.3 is 5.97 Å². The molecule has 10 heteroatoms. The molecule has 2 N–H and O–H groups in total. The van der Waals surface area contributed by atoms with Crippen LogP contribution in [0.2, 0.25) is 0 Å². The molecule has 32 heavy (non-hydrogen) atoms. The Morgan fingerprint density at radius 1 is 1.28 bits per heavy atom. The third kappa shape index (κ3) is 4.16. The Kier molecular flexibility index (Phi) is 5.86. The van der Waals surface area contributed by atoms with Crippen LogP contribution in [0.5, 0.6) is 5.88 Å². The quantitative estimate of drug-likeness (QED) is 0.238. The van der Waals surface area contributed by atoms with E-state index in [-0.39, 0.29) is 35.0 Å². The topological polar surface area (TPSA) is 131 Å². The van der Waals surface area contributed by atoms with Gasteiger partial charge in [-0.05, 0) is 35.7 Å². The van der Waals surface area contributed by atoms with Crippen molar-refractivity contribution in [1.29, 1.82) is 0 Å². The van der Waals surface area contributed by atoms with E-state index in [1.807, 2.05) is 23.6 Å². The Hall–Kier alpha value is -4.18. The standard InChI is InChI=1S/C22H17N3O6S/c1-29-22(26)13-4-5-15(18(9-13)25(27)28)12-31-21-20(23)16(14-6-7-30-11-14)10-17(24-21)19-3-2-8-32-19/h2-11H,12,23H2,1H3. The number of aromatic nitrogens is 1. The van der Waals surface area contributed by atoms with Crippen molar-refractivity contribution in [3.05, 3.63) is 81.6 Å². The fourth-order valence-electron chi connectivity index (χ4n) is 3.10. The number of nitro groups is 1. The summed E-state index contributed by atoms with van der Waals surface area (Å²) in [6, 6.07) is 11.5. The zero-order valence-electron chi connectivity index (χ0n) is 16.8. The molecule has 0 bridgehead atoms. The molecular weight excluding hydrogens is 434 g/mol. The van der Waals surface area contributed by atoms with E-state index in [2.05, 4.69) is 9.72 Å². The van der Waals surface area contributed by atoms with Crippen LogP contribution in [0.4, 0.5) is 11.4 Å². The number of nitrogen functional groups attached to an aromatic ring is 1. The maximum absolute atomic E-state index is 11.7. The molecule has 4 rings (SSSR count). The van der Waals surface area contributed by atoms with Crippen LogP contribution >= 0.6 is 11.3 Å². The number of thiophene rings is 1. The van der Waals surface area contributed by atoms with E-state index >= 15 is 0 Å². The number of carbonyl (C=O) groups excluding carboxylic acids is 1. The molecule has 4 aromatic rings. The highest BCUT2D eigenvalue weighted by Gasteiger charge is 2.20. The number of nitrogens with two attached hydrogens (primary N) is 1. The highest BCUT2D eigenvalue weighted by atomic mass is 32.1. The molecule has 0 atom stereocenters. The molecule has 0 radical (unpaired) electrons. The smallest absolute Gasteiger partial charge is 0.338 e. The first-order chi connectivity index (χ1) is 15.5. The lowest BCUT2D eigenvalue weighted by Crippen LogP contribution is -2.07. The van der Waals surface area contributed by atoms with Gasteiger partial charge < -0.3 is 19.6 Å². The Bertz CT molecular complexity index is 1270. The van der Waals surface area contributed by atoms with E-state index in [0.717, 1.165) is 16.5 Å². The predicted octanol–water partition coefficient (Wildman–Crippen LogP) is 4.93. The minimum Gasteiger partial charge on any atom is -0.472 e. The molecule has 0 fully saturated rings. The number of carbonyl (C=O) groups is 1. The first-order valence-electron chi connectivity index (χ1n) is 9.33. The highest BCUT2D eigenvalue weighted by molar-refractivity contribution is 7.13. The van der Waals surface area contributed by atoms with Crippen molar-refractivity contribution in [3.63, 3.8) is 0 Å². The number of benzene rings is 1. The summed E-state index contributed by atoms with van der Waals surface area (Å²) in [5.74, 6) is -0.529. The van der Waals surface area contributed by atoms with Gasteiger partial charge in [-0.2, -0.15) is 0 Å². The van der Waals surface area contributed by atoms with Crippen molar-refractivity contribution in [3.8, 4) is 27.6 Å². The van der Waals surface area contributed by atoms with Crippen molar-refractivity contribution in [2.45, 2.75) is 6.61 Å². The number of hydrogen-bond donors (Lipinski definition) is 1. The normalized spacial score (nSPS) is 10.7. The second-order valence-corrected chi connectivity index (χ2v) is 7.59.